The SMILES string of the molecule is C=C(C)CCC(Cc1ccsc1)NC. The number of nitrogens with one attached hydrogen (secondary N) is 1. The fourth-order valence-corrected chi connectivity index (χ4v) is 2.14. The van der Waals surface area contributed by atoms with E-state index in [-0.39, 0.29) is 0 Å². The maximum atomic E-state index is 3.93. The van der Waals surface area contributed by atoms with Gasteiger partial charge in [-0.1, -0.05) is 5.57 Å². The molecule has 1 aromatic heterocycles. The molecule has 1 rings (SSSR count). The van der Waals surface area contributed by atoms with Crippen molar-refractivity contribution >= 4 is 11.3 Å². The van der Waals surface area contributed by atoms with Crippen LogP contribution in [0.5, 0.6) is 0 Å². The van der Waals surface area contributed by atoms with E-state index < -0.39 is 0 Å². The summed E-state index contributed by atoms with van der Waals surface area (Å²) < 4.78 is 0. The van der Waals surface area contributed by atoms with E-state index in [0.29, 0.717) is 6.04 Å². The van der Waals surface area contributed by atoms with Crippen molar-refractivity contribution in [2.75, 3.05) is 7.05 Å². The first kappa shape index (κ1) is 11.5. The summed E-state index contributed by atoms with van der Waals surface area (Å²) in [6.07, 6.45) is 3.44. The average molecular weight is 209 g/mol. The molecule has 0 aromatic carbocycles. The molecule has 78 valence electrons. The number of thiophene rings is 1. The zero-order valence-electron chi connectivity index (χ0n) is 9.05. The van der Waals surface area contributed by atoms with Crippen molar-refractivity contribution in [3.8, 4) is 0 Å². The lowest BCUT2D eigenvalue weighted by Gasteiger charge is -2.15. The van der Waals surface area contributed by atoms with Crippen LogP contribution in [0.1, 0.15) is 25.3 Å². The fraction of sp³-hybridized carbons (Fsp3) is 0.500. The van der Waals surface area contributed by atoms with Gasteiger partial charge in [-0.3, -0.25) is 0 Å². The number of hydrogen-bond donors (Lipinski definition) is 1. The van der Waals surface area contributed by atoms with Crippen LogP contribution in [0.2, 0.25) is 0 Å². The second-order valence-electron chi connectivity index (χ2n) is 3.82. The topological polar surface area (TPSA) is 12.0 Å². The predicted octanol–water partition coefficient (Wildman–Crippen LogP) is 3.23. The van der Waals surface area contributed by atoms with Crippen LogP contribution in [-0.4, -0.2) is 13.1 Å². The Kier molecular flexibility index (Phi) is 4.91. The minimum Gasteiger partial charge on any atom is -0.317 e. The van der Waals surface area contributed by atoms with Crippen LogP contribution < -0.4 is 5.32 Å². The minimum absolute atomic E-state index is 0.585. The average Bonchev–Trinajstić information content (AvgIpc) is 2.64. The number of hydrogen-bond acceptors (Lipinski definition) is 2. The van der Waals surface area contributed by atoms with Gasteiger partial charge in [-0.05, 0) is 55.6 Å². The highest BCUT2D eigenvalue weighted by atomic mass is 32.1. The lowest BCUT2D eigenvalue weighted by Crippen LogP contribution is -2.27. The van der Waals surface area contributed by atoms with E-state index >= 15 is 0 Å². The summed E-state index contributed by atoms with van der Waals surface area (Å²) in [6, 6.07) is 2.79. The highest BCUT2D eigenvalue weighted by molar-refractivity contribution is 7.07. The first-order chi connectivity index (χ1) is 6.72. The highest BCUT2D eigenvalue weighted by Gasteiger charge is 2.06. The van der Waals surface area contributed by atoms with E-state index in [4.69, 9.17) is 0 Å². The smallest absolute Gasteiger partial charge is 0.0108 e. The Morgan fingerprint density at radius 3 is 2.93 bits per heavy atom. The molecular weight excluding hydrogens is 190 g/mol. The Labute approximate surface area is 90.9 Å². The van der Waals surface area contributed by atoms with E-state index in [2.05, 4.69) is 35.6 Å². The van der Waals surface area contributed by atoms with Gasteiger partial charge in [0.2, 0.25) is 0 Å². The Hall–Kier alpha value is -0.600. The molecule has 0 saturated heterocycles. The Balaban J connectivity index is 2.35. The van der Waals surface area contributed by atoms with Crippen molar-refractivity contribution in [1.82, 2.24) is 5.32 Å². The van der Waals surface area contributed by atoms with E-state index in [0.717, 1.165) is 12.8 Å². The molecule has 0 amide bonds. The van der Waals surface area contributed by atoms with Gasteiger partial charge in [-0.15, -0.1) is 6.58 Å². The first-order valence-electron chi connectivity index (χ1n) is 5.05. The third-order valence-corrected chi connectivity index (χ3v) is 3.12. The Morgan fingerprint density at radius 1 is 1.64 bits per heavy atom. The zero-order valence-corrected chi connectivity index (χ0v) is 9.86. The van der Waals surface area contributed by atoms with E-state index in [1.165, 1.54) is 17.6 Å². The largest absolute Gasteiger partial charge is 0.317 e. The lowest BCUT2D eigenvalue weighted by atomic mass is 10.0. The molecule has 14 heavy (non-hydrogen) atoms. The van der Waals surface area contributed by atoms with Gasteiger partial charge in [0.1, 0.15) is 0 Å². The third-order valence-electron chi connectivity index (χ3n) is 2.39. The minimum atomic E-state index is 0.585. The third kappa shape index (κ3) is 4.07. The highest BCUT2D eigenvalue weighted by Crippen LogP contribution is 2.12. The first-order valence-corrected chi connectivity index (χ1v) is 5.99. The summed E-state index contributed by atoms with van der Waals surface area (Å²) in [4.78, 5) is 0. The van der Waals surface area contributed by atoms with Gasteiger partial charge in [0.15, 0.2) is 0 Å². The van der Waals surface area contributed by atoms with Crippen LogP contribution in [0.15, 0.2) is 29.0 Å². The second-order valence-corrected chi connectivity index (χ2v) is 4.60. The summed E-state index contributed by atoms with van der Waals surface area (Å²) in [6.45, 7) is 6.03. The van der Waals surface area contributed by atoms with Crippen molar-refractivity contribution < 1.29 is 0 Å². The van der Waals surface area contributed by atoms with Crippen LogP contribution in [-0.2, 0) is 6.42 Å². The van der Waals surface area contributed by atoms with Gasteiger partial charge in [0.05, 0.1) is 0 Å². The normalized spacial score (nSPS) is 12.7. The molecule has 0 fully saturated rings. The molecule has 0 aliphatic carbocycles. The molecule has 1 unspecified atom stereocenters. The molecular formula is C12H19NS. The van der Waals surface area contributed by atoms with Crippen LogP contribution in [0.25, 0.3) is 0 Å². The van der Waals surface area contributed by atoms with Crippen LogP contribution >= 0.6 is 11.3 Å². The molecule has 1 heterocycles. The Morgan fingerprint density at radius 2 is 2.43 bits per heavy atom. The maximum Gasteiger partial charge on any atom is 0.0108 e. The molecule has 1 N–H and O–H groups in total. The molecule has 2 heteroatoms. The van der Waals surface area contributed by atoms with Gasteiger partial charge >= 0.3 is 0 Å². The summed E-state index contributed by atoms with van der Waals surface area (Å²) in [5.41, 5.74) is 2.71. The van der Waals surface area contributed by atoms with Crippen LogP contribution in [0.3, 0.4) is 0 Å². The van der Waals surface area contributed by atoms with Crippen LogP contribution in [0, 0.1) is 0 Å². The molecule has 0 aliphatic rings. The summed E-state index contributed by atoms with van der Waals surface area (Å²) in [5.74, 6) is 0. The van der Waals surface area contributed by atoms with Crippen molar-refractivity contribution in [2.45, 2.75) is 32.2 Å². The molecule has 0 aliphatic heterocycles. The molecule has 0 saturated carbocycles. The standard InChI is InChI=1S/C12H19NS/c1-10(2)4-5-12(13-3)8-11-6-7-14-9-11/h6-7,9,12-13H,1,4-5,8H2,2-3H3. The van der Waals surface area contributed by atoms with Crippen molar-refractivity contribution in [1.29, 1.82) is 0 Å². The molecule has 1 aromatic rings. The molecule has 1 atom stereocenters. The van der Waals surface area contributed by atoms with Crippen LogP contribution in [0.4, 0.5) is 0 Å². The second kappa shape index (κ2) is 5.99. The lowest BCUT2D eigenvalue weighted by molar-refractivity contribution is 0.520. The molecule has 0 radical (unpaired) electrons. The van der Waals surface area contributed by atoms with Gasteiger partial charge in [-0.2, -0.15) is 11.3 Å². The molecule has 0 bridgehead atoms. The van der Waals surface area contributed by atoms with E-state index in [1.54, 1.807) is 11.3 Å². The van der Waals surface area contributed by atoms with Crippen molar-refractivity contribution in [2.24, 2.45) is 0 Å². The fourth-order valence-electron chi connectivity index (χ4n) is 1.46. The van der Waals surface area contributed by atoms with Gasteiger partial charge < -0.3 is 5.32 Å². The number of allylic oxidation sites excluding steroid dienone is 1. The van der Waals surface area contributed by atoms with E-state index in [1.807, 2.05) is 7.05 Å². The summed E-state index contributed by atoms with van der Waals surface area (Å²) >= 11 is 1.77. The Bertz CT molecular complexity index is 264. The summed E-state index contributed by atoms with van der Waals surface area (Å²) in [7, 11) is 2.04. The monoisotopic (exact) mass is 209 g/mol. The van der Waals surface area contributed by atoms with Gasteiger partial charge in [0.25, 0.3) is 0 Å². The van der Waals surface area contributed by atoms with Crippen molar-refractivity contribution in [3.05, 3.63) is 34.5 Å². The summed E-state index contributed by atoms with van der Waals surface area (Å²) in [5, 5.41) is 7.73. The quantitative estimate of drug-likeness (QED) is 0.709. The maximum absolute atomic E-state index is 3.93. The van der Waals surface area contributed by atoms with E-state index in [9.17, 15) is 0 Å². The van der Waals surface area contributed by atoms with Gasteiger partial charge in [-0.25, -0.2) is 0 Å². The zero-order chi connectivity index (χ0) is 10.4. The number of likely N-dealkylation sites (N-methyl/N-ethyl adjacent to an activating group) is 1. The molecule has 0 spiro atoms. The van der Waals surface area contributed by atoms with Gasteiger partial charge in [0, 0.05) is 6.04 Å². The number of rotatable bonds is 6. The predicted molar refractivity (Wildman–Crippen MR) is 64.9 cm³/mol. The molecule has 1 nitrogen and oxygen atoms in total. The van der Waals surface area contributed by atoms with Crippen molar-refractivity contribution in [3.63, 3.8) is 0 Å².